The van der Waals surface area contributed by atoms with E-state index in [0.717, 1.165) is 73.0 Å². The Balaban J connectivity index is 0.000000148. The highest BCUT2D eigenvalue weighted by molar-refractivity contribution is 6.38. The molecule has 0 aliphatic heterocycles. The number of H-pyrrole nitrogens is 5. The third-order valence-corrected chi connectivity index (χ3v) is 11.1. The molecule has 0 saturated carbocycles. The van der Waals surface area contributed by atoms with Crippen molar-refractivity contribution in [2.45, 2.75) is 13.8 Å². The molecular formula is C52H44N12O12. The normalized spacial score (nSPS) is 11.8. The van der Waals surface area contributed by atoms with Crippen LogP contribution in [0.15, 0.2) is 140 Å². The van der Waals surface area contributed by atoms with Crippen LogP contribution in [0.5, 0.6) is 0 Å². The molecule has 24 heteroatoms. The Kier molecular flexibility index (Phi) is 16.3. The quantitative estimate of drug-likeness (QED) is 0.0235. The summed E-state index contributed by atoms with van der Waals surface area (Å²) in [4.78, 5) is 76.6. The fourth-order valence-corrected chi connectivity index (χ4v) is 7.45. The summed E-state index contributed by atoms with van der Waals surface area (Å²) in [5.41, 5.74) is 7.57. The number of carbonyl (C=O) groups excluding carboxylic acids is 4. The van der Waals surface area contributed by atoms with Crippen molar-refractivity contribution >= 4 is 96.0 Å². The van der Waals surface area contributed by atoms with Crippen LogP contribution in [0.3, 0.4) is 0 Å². The molecule has 6 aromatic heterocycles. The van der Waals surface area contributed by atoms with Crippen LogP contribution in [0.2, 0.25) is 0 Å². The van der Waals surface area contributed by atoms with Crippen molar-refractivity contribution in [3.8, 4) is 0 Å². The SMILES string of the molecule is CO/C(=C\C(=O)c1c[nH]c2ccccc12)C(=O)O.Cc1ccc2[nH]cc(C(O)=CC(=O)c3nn[nH]n3)c2c1.Cc1ccc2c(C(O)=CC(=O)C(=O)O)c[nH]c2c1.Cn1cc(C(O)=CC(=O)c2nn[nH]n2)c2ccccc21. The van der Waals surface area contributed by atoms with E-state index in [9.17, 15) is 44.1 Å². The number of ether oxygens (including phenoxy) is 1. The predicted octanol–water partition coefficient (Wildman–Crippen LogP) is 7.24. The summed E-state index contributed by atoms with van der Waals surface area (Å²) < 4.78 is 6.51. The van der Waals surface area contributed by atoms with Crippen LogP contribution in [0, 0.1) is 13.8 Å². The monoisotopic (exact) mass is 1030 g/mol. The maximum atomic E-state index is 12.0. The second kappa shape index (κ2) is 23.5. The number of carboxylic acid groups (broad SMARTS) is 2. The van der Waals surface area contributed by atoms with Gasteiger partial charge in [0, 0.05) is 122 Å². The molecular weight excluding hydrogens is 985 g/mol. The zero-order valence-electron chi connectivity index (χ0n) is 40.4. The van der Waals surface area contributed by atoms with Crippen LogP contribution in [-0.2, 0) is 26.2 Å². The van der Waals surface area contributed by atoms with Crippen LogP contribution < -0.4 is 0 Å². The van der Waals surface area contributed by atoms with E-state index in [1.807, 2.05) is 98.3 Å². The van der Waals surface area contributed by atoms with Gasteiger partial charge in [0.25, 0.3) is 5.78 Å². The van der Waals surface area contributed by atoms with E-state index >= 15 is 0 Å². The van der Waals surface area contributed by atoms with E-state index in [-0.39, 0.29) is 34.7 Å². The standard InChI is InChI=1S/2C13H11N5O2.2C13H11NO4/c1-7-2-3-10-8(4-7)9(6-14-10)11(19)5-12(20)13-15-17-18-16-13;1-18-7-9(8-4-2-3-5-10(8)18)11(19)6-12(20)13-14-16-17-15-13;1-7-2-3-8-9(6-14-10(8)4-7)11(15)5-12(16)13(17)18;1-18-12(13(16)17)6-11(15)9-7-14-10-5-3-2-4-8(9)10/h2-6,14,19H,1H3,(H,15,16,17,18);2-7,19H,1H3,(H,14,15,16,17);2-6,14-15H,1H3,(H,17,18);2-7,14H,1H3,(H,16,17)/b;;;12-6-. The molecule has 0 atom stereocenters. The Morgan fingerprint density at radius 3 is 1.64 bits per heavy atom. The highest BCUT2D eigenvalue weighted by Gasteiger charge is 2.18. The van der Waals surface area contributed by atoms with Gasteiger partial charge in [0.1, 0.15) is 17.3 Å². The number of methoxy groups -OCH3 is 1. The van der Waals surface area contributed by atoms with Gasteiger partial charge in [-0.15, -0.1) is 20.4 Å². The average Bonchev–Trinajstić information content (AvgIpc) is 4.28. The number of para-hydroxylation sites is 2. The number of carboxylic acids is 2. The Morgan fingerprint density at radius 1 is 0.526 bits per heavy atom. The van der Waals surface area contributed by atoms with Gasteiger partial charge in [0.05, 0.1) is 7.11 Å². The predicted molar refractivity (Wildman–Crippen MR) is 276 cm³/mol. The van der Waals surface area contributed by atoms with Gasteiger partial charge < -0.3 is 49.8 Å². The van der Waals surface area contributed by atoms with Crippen LogP contribution in [0.25, 0.3) is 60.9 Å². The lowest BCUT2D eigenvalue weighted by Crippen LogP contribution is -2.09. The number of aromatic nitrogens is 12. The van der Waals surface area contributed by atoms with Crippen LogP contribution in [0.4, 0.5) is 0 Å². The summed E-state index contributed by atoms with van der Waals surface area (Å²) >= 11 is 0. The van der Waals surface area contributed by atoms with Gasteiger partial charge >= 0.3 is 11.9 Å². The van der Waals surface area contributed by atoms with Crippen molar-refractivity contribution < 1.29 is 59.0 Å². The number of rotatable bonds is 13. The van der Waals surface area contributed by atoms with Crippen LogP contribution in [0.1, 0.15) is 59.4 Å². The minimum atomic E-state index is -1.60. The van der Waals surface area contributed by atoms with E-state index in [1.165, 1.54) is 13.3 Å². The molecule has 0 spiro atoms. The molecule has 10 N–H and O–H groups in total. The second-order valence-corrected chi connectivity index (χ2v) is 16.3. The number of tetrazole rings is 2. The van der Waals surface area contributed by atoms with Crippen molar-refractivity contribution in [1.82, 2.24) is 60.8 Å². The van der Waals surface area contributed by atoms with E-state index in [1.54, 1.807) is 30.7 Å². The fourth-order valence-electron chi connectivity index (χ4n) is 7.45. The number of aliphatic hydroxyl groups excluding tert-OH is 3. The fraction of sp³-hybridized carbons (Fsp3) is 0.0769. The molecule has 0 aliphatic rings. The molecule has 10 aromatic rings. The molecule has 0 unspecified atom stereocenters. The first-order valence-corrected chi connectivity index (χ1v) is 22.3. The second-order valence-electron chi connectivity index (χ2n) is 16.3. The summed E-state index contributed by atoms with van der Waals surface area (Å²) in [6, 6.07) is 26.3. The highest BCUT2D eigenvalue weighted by atomic mass is 16.5. The number of allylic oxidation sites excluding steroid dienone is 3. The molecule has 4 aromatic carbocycles. The Bertz CT molecular complexity index is 3930. The summed E-state index contributed by atoms with van der Waals surface area (Å²) in [6.07, 6.45) is 10.3. The van der Waals surface area contributed by atoms with Gasteiger partial charge in [-0.1, -0.05) is 60.2 Å². The zero-order chi connectivity index (χ0) is 54.6. The first-order chi connectivity index (χ1) is 36.4. The molecule has 6 heterocycles. The van der Waals surface area contributed by atoms with Crippen molar-refractivity contribution in [1.29, 1.82) is 0 Å². The van der Waals surface area contributed by atoms with E-state index in [4.69, 9.17) is 10.2 Å². The van der Waals surface area contributed by atoms with Crippen LogP contribution >= 0.6 is 0 Å². The smallest absolute Gasteiger partial charge is 0.376 e. The highest BCUT2D eigenvalue weighted by Crippen LogP contribution is 2.28. The van der Waals surface area contributed by atoms with Crippen molar-refractivity contribution in [3.05, 3.63) is 185 Å². The lowest BCUT2D eigenvalue weighted by molar-refractivity contribution is -0.146. The molecule has 0 amide bonds. The van der Waals surface area contributed by atoms with Gasteiger partial charge in [-0.05, 0) is 60.2 Å². The van der Waals surface area contributed by atoms with Crippen molar-refractivity contribution in [2.75, 3.05) is 7.11 Å². The number of nitrogens with zero attached hydrogens (tertiary/aromatic N) is 7. The van der Waals surface area contributed by atoms with E-state index in [2.05, 4.69) is 60.9 Å². The molecule has 24 nitrogen and oxygen atoms in total. The molecule has 0 saturated heterocycles. The Morgan fingerprint density at radius 2 is 1.04 bits per heavy atom. The van der Waals surface area contributed by atoms with E-state index < -0.39 is 35.1 Å². The lowest BCUT2D eigenvalue weighted by Gasteiger charge is -1.99. The largest absolute Gasteiger partial charge is 0.507 e. The van der Waals surface area contributed by atoms with Crippen LogP contribution in [-0.4, -0.2) is 128 Å². The summed E-state index contributed by atoms with van der Waals surface area (Å²) in [7, 11) is 3.09. The molecule has 0 aliphatic carbocycles. The van der Waals surface area contributed by atoms with Crippen molar-refractivity contribution in [3.63, 3.8) is 0 Å². The number of aliphatic hydroxyl groups is 3. The maximum absolute atomic E-state index is 12.0. The molecule has 384 valence electrons. The average molecular weight is 1030 g/mol. The number of aryl methyl sites for hydroxylation is 3. The third-order valence-electron chi connectivity index (χ3n) is 11.1. The number of hydrogen-bond donors (Lipinski definition) is 10. The van der Waals surface area contributed by atoms with Crippen molar-refractivity contribution in [2.24, 2.45) is 7.05 Å². The number of nitrogens with one attached hydrogen (secondary N) is 5. The lowest BCUT2D eigenvalue weighted by atomic mass is 10.1. The summed E-state index contributed by atoms with van der Waals surface area (Å²) in [5, 5.41) is 75.7. The number of carbonyl (C=O) groups is 6. The molecule has 76 heavy (non-hydrogen) atoms. The number of aliphatic carboxylic acids is 2. The Labute approximate surface area is 427 Å². The minimum absolute atomic E-state index is 0.0863. The summed E-state index contributed by atoms with van der Waals surface area (Å²) in [5.74, 6) is -6.66. The topological polar surface area (TPSA) is 374 Å². The first-order valence-electron chi connectivity index (χ1n) is 22.3. The zero-order valence-corrected chi connectivity index (χ0v) is 40.4. The van der Waals surface area contributed by atoms with Gasteiger partial charge in [-0.2, -0.15) is 10.4 Å². The Hall–Kier alpha value is -11.0. The van der Waals surface area contributed by atoms with Gasteiger partial charge in [0.15, 0.2) is 5.78 Å². The molecule has 10 rings (SSSR count). The van der Waals surface area contributed by atoms with Gasteiger partial charge in [-0.25, -0.2) is 9.59 Å². The maximum Gasteiger partial charge on any atom is 0.376 e. The van der Waals surface area contributed by atoms with Gasteiger partial charge in [-0.3, -0.25) is 19.2 Å². The minimum Gasteiger partial charge on any atom is -0.507 e. The number of ketones is 4. The molecule has 0 fully saturated rings. The summed E-state index contributed by atoms with van der Waals surface area (Å²) in [6.45, 7) is 3.89. The number of benzene rings is 4. The molecule has 0 bridgehead atoms. The number of fused-ring (bicyclic) bond motifs is 4. The number of aromatic amines is 5. The van der Waals surface area contributed by atoms with E-state index in [0.29, 0.717) is 28.3 Å². The number of hydrogen-bond acceptors (Lipinski definition) is 16. The molecule has 0 radical (unpaired) electrons. The third kappa shape index (κ3) is 12.3. The first kappa shape index (κ1) is 52.8. The van der Waals surface area contributed by atoms with Gasteiger partial charge in [0.2, 0.25) is 29.0 Å².